The van der Waals surface area contributed by atoms with E-state index in [1.807, 2.05) is 48.5 Å². The van der Waals surface area contributed by atoms with Crippen molar-refractivity contribution < 1.29 is 4.79 Å². The zero-order valence-corrected chi connectivity index (χ0v) is 38.6. The molecular weight excluding hydrogens is 870 g/mol. The molecule has 5 aromatic carbocycles. The molecule has 0 saturated carbocycles. The first-order chi connectivity index (χ1) is 34.0. The molecule has 8 bridgehead atoms. The fourth-order valence-electron chi connectivity index (χ4n) is 9.50. The molecule has 0 atom stereocenters. The molecule has 6 heterocycles. The van der Waals surface area contributed by atoms with Crippen LogP contribution >= 0.6 is 11.6 Å². The molecule has 1 amide bonds. The molecule has 0 unspecified atom stereocenters. The summed E-state index contributed by atoms with van der Waals surface area (Å²) in [6.07, 6.45) is 12.8. The topological polar surface area (TPSA) is 111 Å². The minimum atomic E-state index is 0.00728. The molecule has 2 aliphatic rings. The van der Waals surface area contributed by atoms with Crippen molar-refractivity contribution in [2.24, 2.45) is 0 Å². The van der Waals surface area contributed by atoms with Crippen molar-refractivity contribution in [2.75, 3.05) is 18.4 Å². The van der Waals surface area contributed by atoms with Crippen LogP contribution in [0.4, 0.5) is 5.69 Å². The average Bonchev–Trinajstić information content (AvgIpc) is 4.24. The van der Waals surface area contributed by atoms with Crippen LogP contribution in [0.1, 0.15) is 47.6 Å². The SMILES string of the molecule is O=C(CCc1cc2[nH]c1c(-c1ccccc1)c1nc(c(-c3ccccc3)c3ccc([nH]3)c(-c3ccccc3)c3nc(c2-c2ccccc2)C=C3)C=C1)NCCCCNc1ccnc2cc(Cl)ccc12. The van der Waals surface area contributed by atoms with E-state index >= 15 is 0 Å². The van der Waals surface area contributed by atoms with Gasteiger partial charge in [-0.3, -0.25) is 9.78 Å². The Labute approximate surface area is 405 Å². The summed E-state index contributed by atoms with van der Waals surface area (Å²) in [5, 5.41) is 8.44. The summed E-state index contributed by atoms with van der Waals surface area (Å²) in [4.78, 5) is 36.9. The van der Waals surface area contributed by atoms with Crippen LogP contribution in [0, 0.1) is 0 Å². The third-order valence-corrected chi connectivity index (χ3v) is 13.0. The molecule has 0 aliphatic carbocycles. The second kappa shape index (κ2) is 19.5. The van der Waals surface area contributed by atoms with Gasteiger partial charge in [-0.1, -0.05) is 133 Å². The Morgan fingerprint density at radius 2 is 1.03 bits per heavy atom. The van der Waals surface area contributed by atoms with Crippen LogP contribution in [0.2, 0.25) is 5.02 Å². The summed E-state index contributed by atoms with van der Waals surface area (Å²) in [7, 11) is 0. The first-order valence-corrected chi connectivity index (χ1v) is 23.9. The second-order valence-electron chi connectivity index (χ2n) is 17.3. The highest BCUT2D eigenvalue weighted by molar-refractivity contribution is 6.31. The maximum atomic E-state index is 13.7. The summed E-state index contributed by atoms with van der Waals surface area (Å²) in [5.41, 5.74) is 18.0. The number of nitrogens with one attached hydrogen (secondary N) is 4. The van der Waals surface area contributed by atoms with Crippen molar-refractivity contribution in [2.45, 2.75) is 25.7 Å². The fraction of sp³-hybridized carbons (Fsp3) is 0.100. The molecule has 0 radical (unpaired) electrons. The minimum Gasteiger partial charge on any atom is -0.384 e. The predicted molar refractivity (Wildman–Crippen MR) is 286 cm³/mol. The lowest BCUT2D eigenvalue weighted by molar-refractivity contribution is -0.121. The lowest BCUT2D eigenvalue weighted by Crippen LogP contribution is -2.25. The molecule has 4 aromatic heterocycles. The number of hydrogen-bond acceptors (Lipinski definition) is 5. The molecule has 336 valence electrons. The summed E-state index contributed by atoms with van der Waals surface area (Å²) in [5.74, 6) is 0.00728. The van der Waals surface area contributed by atoms with E-state index < -0.39 is 0 Å². The van der Waals surface area contributed by atoms with E-state index in [4.69, 9.17) is 21.6 Å². The molecule has 8 nitrogen and oxygen atoms in total. The quantitative estimate of drug-likeness (QED) is 0.0861. The molecule has 2 aliphatic heterocycles. The van der Waals surface area contributed by atoms with E-state index in [0.29, 0.717) is 24.4 Å². The molecule has 69 heavy (non-hydrogen) atoms. The summed E-state index contributed by atoms with van der Waals surface area (Å²) < 4.78 is 0. The first-order valence-electron chi connectivity index (χ1n) is 23.5. The Morgan fingerprint density at radius 1 is 0.522 bits per heavy atom. The number of unbranched alkanes of at least 4 members (excludes halogenated alkanes) is 1. The van der Waals surface area contributed by atoms with Gasteiger partial charge in [0, 0.05) is 80.6 Å². The Balaban J connectivity index is 1.03. The maximum Gasteiger partial charge on any atom is 0.220 e. The number of amides is 1. The fourth-order valence-corrected chi connectivity index (χ4v) is 9.66. The van der Waals surface area contributed by atoms with Crippen molar-refractivity contribution in [1.29, 1.82) is 0 Å². The van der Waals surface area contributed by atoms with Gasteiger partial charge in [-0.25, -0.2) is 9.97 Å². The normalized spacial score (nSPS) is 11.8. The van der Waals surface area contributed by atoms with Gasteiger partial charge in [0.15, 0.2) is 0 Å². The average molecular weight is 919 g/mol. The summed E-state index contributed by atoms with van der Waals surface area (Å²) in [6, 6.07) is 56.0. The summed E-state index contributed by atoms with van der Waals surface area (Å²) >= 11 is 6.21. The molecule has 4 N–H and O–H groups in total. The number of H-pyrrole nitrogens is 2. The Morgan fingerprint density at radius 3 is 1.59 bits per heavy atom. The third-order valence-electron chi connectivity index (χ3n) is 12.8. The highest BCUT2D eigenvalue weighted by atomic mass is 35.5. The number of fused-ring (bicyclic) bond motifs is 9. The van der Waals surface area contributed by atoms with Crippen LogP contribution in [0.25, 0.3) is 102 Å². The monoisotopic (exact) mass is 917 g/mol. The largest absolute Gasteiger partial charge is 0.384 e. The number of carbonyl (C=O) groups is 1. The number of carbonyl (C=O) groups excluding carboxylic acids is 1. The number of halogens is 1. The molecule has 11 rings (SSSR count). The number of aromatic nitrogens is 5. The van der Waals surface area contributed by atoms with E-state index in [1.165, 1.54) is 0 Å². The number of aryl methyl sites for hydroxylation is 1. The number of rotatable bonds is 13. The van der Waals surface area contributed by atoms with Gasteiger partial charge in [-0.2, -0.15) is 0 Å². The maximum absolute atomic E-state index is 13.7. The van der Waals surface area contributed by atoms with E-state index in [0.717, 1.165) is 131 Å². The minimum absolute atomic E-state index is 0.00728. The van der Waals surface area contributed by atoms with Crippen LogP contribution in [-0.4, -0.2) is 43.9 Å². The molecule has 0 spiro atoms. The van der Waals surface area contributed by atoms with Crippen LogP contribution in [0.15, 0.2) is 170 Å². The Bertz CT molecular complexity index is 3580. The Hall–Kier alpha value is -8.33. The van der Waals surface area contributed by atoms with Crippen molar-refractivity contribution in [3.8, 4) is 44.5 Å². The zero-order chi connectivity index (χ0) is 46.5. The van der Waals surface area contributed by atoms with Gasteiger partial charge in [0.1, 0.15) is 0 Å². The van der Waals surface area contributed by atoms with E-state index in [-0.39, 0.29) is 5.91 Å². The van der Waals surface area contributed by atoms with Gasteiger partial charge in [0.25, 0.3) is 0 Å². The zero-order valence-electron chi connectivity index (χ0n) is 37.8. The van der Waals surface area contributed by atoms with Crippen LogP contribution in [0.3, 0.4) is 0 Å². The van der Waals surface area contributed by atoms with Gasteiger partial charge < -0.3 is 20.6 Å². The van der Waals surface area contributed by atoms with Crippen molar-refractivity contribution in [1.82, 2.24) is 30.2 Å². The standard InChI is InChI=1S/C60H48ClN7O/c61-44-24-25-45-46(33-36-63-53(45)38-44)62-34-13-14-35-64-55(69)32-23-43-37-54-58(41-19-9-3-10-20-41)51-29-28-49(66-51)56(39-15-5-1-6-16-39)47-26-27-48(65-47)57(40-17-7-2-8-18-40)50-30-31-52(67-50)59(60(43)68-54)42-21-11-4-12-22-42/h1-12,15-22,24-31,33,36-38,65,68H,13-14,23,32,34-35H2,(H,62,63)(H,64,69). The molecule has 9 heteroatoms. The Kier molecular flexibility index (Phi) is 12.2. The number of pyridine rings is 1. The van der Waals surface area contributed by atoms with E-state index in [1.54, 1.807) is 6.20 Å². The first kappa shape index (κ1) is 43.3. The summed E-state index contributed by atoms with van der Waals surface area (Å²) in [6.45, 7) is 1.35. The van der Waals surface area contributed by atoms with E-state index in [9.17, 15) is 4.79 Å². The van der Waals surface area contributed by atoms with Crippen LogP contribution in [-0.2, 0) is 11.2 Å². The second-order valence-corrected chi connectivity index (χ2v) is 17.7. The number of nitrogens with zero attached hydrogens (tertiary/aromatic N) is 3. The van der Waals surface area contributed by atoms with Crippen molar-refractivity contribution >= 4 is 80.5 Å². The number of anilines is 1. The van der Waals surface area contributed by atoms with Gasteiger partial charge >= 0.3 is 0 Å². The molecule has 0 saturated heterocycles. The molecule has 0 fully saturated rings. The lowest BCUT2D eigenvalue weighted by atomic mass is 10.00. The lowest BCUT2D eigenvalue weighted by Gasteiger charge is -2.10. The van der Waals surface area contributed by atoms with E-state index in [2.05, 4.69) is 165 Å². The van der Waals surface area contributed by atoms with Gasteiger partial charge in [-0.15, -0.1) is 0 Å². The van der Waals surface area contributed by atoms with Crippen LogP contribution < -0.4 is 10.6 Å². The van der Waals surface area contributed by atoms with Crippen LogP contribution in [0.5, 0.6) is 0 Å². The van der Waals surface area contributed by atoms with Crippen molar-refractivity contribution in [3.63, 3.8) is 0 Å². The van der Waals surface area contributed by atoms with Gasteiger partial charge in [-0.05, 0) is 114 Å². The van der Waals surface area contributed by atoms with Crippen molar-refractivity contribution in [3.05, 3.63) is 203 Å². The number of benzene rings is 5. The molecule has 9 aromatic rings. The molecular formula is C60H48ClN7O. The smallest absolute Gasteiger partial charge is 0.220 e. The third kappa shape index (κ3) is 9.10. The van der Waals surface area contributed by atoms with Gasteiger partial charge in [0.2, 0.25) is 5.91 Å². The van der Waals surface area contributed by atoms with Gasteiger partial charge in [0.05, 0.1) is 33.8 Å². The highest BCUT2D eigenvalue weighted by Crippen LogP contribution is 2.39. The predicted octanol–water partition coefficient (Wildman–Crippen LogP) is 14.5. The number of hydrogen-bond donors (Lipinski definition) is 4. The number of aromatic amines is 2. The highest BCUT2D eigenvalue weighted by Gasteiger charge is 2.21.